The molecule has 1 atom stereocenters. The van der Waals surface area contributed by atoms with E-state index in [9.17, 15) is 9.59 Å². The topological polar surface area (TPSA) is 55.2 Å². The van der Waals surface area contributed by atoms with Crippen LogP contribution in [0.25, 0.3) is 0 Å². The van der Waals surface area contributed by atoms with Gasteiger partial charge in [-0.2, -0.15) is 5.10 Å². The number of hydrogen-bond donors (Lipinski definition) is 0. The fourth-order valence-electron chi connectivity index (χ4n) is 2.63. The second-order valence-corrected chi connectivity index (χ2v) is 5.57. The summed E-state index contributed by atoms with van der Waals surface area (Å²) in [5.74, 6) is -0.478. The van der Waals surface area contributed by atoms with Crippen LogP contribution in [-0.4, -0.2) is 21.6 Å². The van der Waals surface area contributed by atoms with E-state index < -0.39 is 6.04 Å². The zero-order chi connectivity index (χ0) is 15.1. The van der Waals surface area contributed by atoms with Gasteiger partial charge in [-0.1, -0.05) is 11.6 Å². The molecule has 0 saturated carbocycles. The van der Waals surface area contributed by atoms with Crippen molar-refractivity contribution in [2.24, 2.45) is 0 Å². The van der Waals surface area contributed by atoms with Crippen LogP contribution >= 0.6 is 11.6 Å². The quantitative estimate of drug-likeness (QED) is 0.802. The molecule has 0 radical (unpaired) electrons. The molecule has 2 amide bonds. The van der Waals surface area contributed by atoms with Crippen molar-refractivity contribution < 1.29 is 9.59 Å². The number of rotatable bonds is 2. The molecule has 0 unspecified atom stereocenters. The minimum atomic E-state index is -0.568. The third-order valence-corrected chi connectivity index (χ3v) is 3.80. The Morgan fingerprint density at radius 3 is 2.43 bits per heavy atom. The highest BCUT2D eigenvalue weighted by Gasteiger charge is 2.41. The van der Waals surface area contributed by atoms with E-state index in [0.717, 1.165) is 11.4 Å². The summed E-state index contributed by atoms with van der Waals surface area (Å²) in [4.78, 5) is 26.0. The maximum absolute atomic E-state index is 12.6. The molecule has 6 heteroatoms. The van der Waals surface area contributed by atoms with Crippen LogP contribution < -0.4 is 4.90 Å². The van der Waals surface area contributed by atoms with Gasteiger partial charge in [0, 0.05) is 10.7 Å². The highest BCUT2D eigenvalue weighted by atomic mass is 35.5. The van der Waals surface area contributed by atoms with Gasteiger partial charge in [-0.25, -0.2) is 4.90 Å². The molecular formula is C15H14ClN3O2. The van der Waals surface area contributed by atoms with Gasteiger partial charge in [0.2, 0.25) is 5.91 Å². The number of halogens is 1. The molecule has 1 aliphatic rings. The van der Waals surface area contributed by atoms with Crippen molar-refractivity contribution in [3.05, 3.63) is 46.7 Å². The Kier molecular flexibility index (Phi) is 3.29. The predicted octanol–water partition coefficient (Wildman–Crippen LogP) is 2.66. The number of amides is 2. The van der Waals surface area contributed by atoms with Crippen LogP contribution in [0.3, 0.4) is 0 Å². The summed E-state index contributed by atoms with van der Waals surface area (Å²) in [6.45, 7) is 3.74. The van der Waals surface area contributed by atoms with Gasteiger partial charge >= 0.3 is 0 Å². The number of benzene rings is 1. The van der Waals surface area contributed by atoms with Crippen molar-refractivity contribution in [2.45, 2.75) is 26.3 Å². The molecule has 2 aromatic rings. The maximum atomic E-state index is 12.6. The first-order valence-corrected chi connectivity index (χ1v) is 7.00. The van der Waals surface area contributed by atoms with Crippen molar-refractivity contribution in [3.63, 3.8) is 0 Å². The van der Waals surface area contributed by atoms with Gasteiger partial charge in [0.15, 0.2) is 0 Å². The van der Waals surface area contributed by atoms with Crippen molar-refractivity contribution in [2.75, 3.05) is 4.90 Å². The molecule has 0 spiro atoms. The number of hydrogen-bond acceptors (Lipinski definition) is 3. The molecule has 1 aromatic heterocycles. The third kappa shape index (κ3) is 2.34. The molecule has 1 fully saturated rings. The fourth-order valence-corrected chi connectivity index (χ4v) is 2.76. The smallest absolute Gasteiger partial charge is 0.259 e. The Morgan fingerprint density at radius 2 is 1.86 bits per heavy atom. The molecule has 0 N–H and O–H groups in total. The summed E-state index contributed by atoms with van der Waals surface area (Å²) in [6.07, 6.45) is 0.128. The summed E-state index contributed by atoms with van der Waals surface area (Å²) in [5.41, 5.74) is 2.24. The van der Waals surface area contributed by atoms with Crippen LogP contribution in [-0.2, 0) is 9.59 Å². The van der Waals surface area contributed by atoms with Gasteiger partial charge in [0.1, 0.15) is 6.04 Å². The lowest BCUT2D eigenvalue weighted by atomic mass is 10.2. The second-order valence-electron chi connectivity index (χ2n) is 5.14. The van der Waals surface area contributed by atoms with Crippen molar-refractivity contribution in [1.82, 2.24) is 9.78 Å². The van der Waals surface area contributed by atoms with E-state index in [1.807, 2.05) is 19.9 Å². The van der Waals surface area contributed by atoms with Crippen LogP contribution in [0.2, 0.25) is 5.02 Å². The lowest BCUT2D eigenvalue weighted by Gasteiger charge is -2.15. The molecule has 21 heavy (non-hydrogen) atoms. The van der Waals surface area contributed by atoms with E-state index in [-0.39, 0.29) is 18.2 Å². The van der Waals surface area contributed by atoms with Crippen molar-refractivity contribution in [3.8, 4) is 0 Å². The molecule has 1 aromatic carbocycles. The summed E-state index contributed by atoms with van der Waals surface area (Å²) >= 11 is 5.84. The average Bonchev–Trinajstić information content (AvgIpc) is 2.91. The summed E-state index contributed by atoms with van der Waals surface area (Å²) < 4.78 is 1.63. The lowest BCUT2D eigenvalue weighted by Crippen LogP contribution is -2.31. The van der Waals surface area contributed by atoms with Crippen LogP contribution in [0.4, 0.5) is 5.69 Å². The normalized spacial score (nSPS) is 18.6. The number of anilines is 1. The van der Waals surface area contributed by atoms with E-state index in [1.165, 1.54) is 4.90 Å². The molecule has 1 saturated heterocycles. The van der Waals surface area contributed by atoms with E-state index >= 15 is 0 Å². The number of carbonyl (C=O) groups is 2. The minimum Gasteiger partial charge on any atom is -0.274 e. The van der Waals surface area contributed by atoms with E-state index in [2.05, 4.69) is 5.10 Å². The standard InChI is InChI=1S/C15H14ClN3O2/c1-9-7-10(2)19(17-9)13-8-14(20)18(15(13)21)12-5-3-11(16)4-6-12/h3-7,13H,8H2,1-2H3/t13-/m1/s1. The Hall–Kier alpha value is -2.14. The van der Waals surface area contributed by atoms with Gasteiger partial charge in [0.25, 0.3) is 5.91 Å². The fraction of sp³-hybridized carbons (Fsp3) is 0.267. The third-order valence-electron chi connectivity index (χ3n) is 3.55. The Bertz CT molecular complexity index is 721. The van der Waals surface area contributed by atoms with Crippen LogP contribution in [0, 0.1) is 13.8 Å². The van der Waals surface area contributed by atoms with Crippen LogP contribution in [0.15, 0.2) is 30.3 Å². The van der Waals surface area contributed by atoms with Gasteiger partial charge in [-0.15, -0.1) is 0 Å². The van der Waals surface area contributed by atoms with Gasteiger partial charge in [0.05, 0.1) is 17.8 Å². The molecule has 1 aliphatic heterocycles. The summed E-state index contributed by atoms with van der Waals surface area (Å²) in [5, 5.41) is 4.88. The zero-order valence-electron chi connectivity index (χ0n) is 11.7. The summed E-state index contributed by atoms with van der Waals surface area (Å²) in [7, 11) is 0. The molecule has 5 nitrogen and oxygen atoms in total. The molecule has 3 rings (SSSR count). The number of imide groups is 1. The summed E-state index contributed by atoms with van der Waals surface area (Å²) in [6, 6.07) is 7.98. The maximum Gasteiger partial charge on any atom is 0.259 e. The van der Waals surface area contributed by atoms with E-state index in [4.69, 9.17) is 11.6 Å². The SMILES string of the molecule is Cc1cc(C)n([C@@H]2CC(=O)N(c3ccc(Cl)cc3)C2=O)n1. The van der Waals surface area contributed by atoms with E-state index in [1.54, 1.807) is 28.9 Å². The van der Waals surface area contributed by atoms with Crippen LogP contribution in [0.1, 0.15) is 23.9 Å². The first-order valence-electron chi connectivity index (χ1n) is 6.62. The van der Waals surface area contributed by atoms with Gasteiger partial charge < -0.3 is 0 Å². The largest absolute Gasteiger partial charge is 0.274 e. The highest BCUT2D eigenvalue weighted by Crippen LogP contribution is 2.30. The van der Waals surface area contributed by atoms with Crippen LogP contribution in [0.5, 0.6) is 0 Å². The Balaban J connectivity index is 1.95. The monoisotopic (exact) mass is 303 g/mol. The zero-order valence-corrected chi connectivity index (χ0v) is 12.5. The molecule has 108 valence electrons. The highest BCUT2D eigenvalue weighted by molar-refractivity contribution is 6.30. The number of aromatic nitrogens is 2. The molecular weight excluding hydrogens is 290 g/mol. The number of nitrogens with zero attached hydrogens (tertiary/aromatic N) is 3. The first kappa shape index (κ1) is 13.8. The molecule has 0 aliphatic carbocycles. The second kappa shape index (κ2) is 5.00. The predicted molar refractivity (Wildman–Crippen MR) is 79.3 cm³/mol. The minimum absolute atomic E-state index is 0.128. The Labute approximate surface area is 127 Å². The number of aryl methyl sites for hydroxylation is 2. The molecule has 0 bridgehead atoms. The van der Waals surface area contributed by atoms with Crippen molar-refractivity contribution >= 4 is 29.1 Å². The first-order chi connectivity index (χ1) is 9.97. The van der Waals surface area contributed by atoms with Crippen molar-refractivity contribution in [1.29, 1.82) is 0 Å². The van der Waals surface area contributed by atoms with E-state index in [0.29, 0.717) is 10.7 Å². The average molecular weight is 304 g/mol. The van der Waals surface area contributed by atoms with Gasteiger partial charge in [-0.3, -0.25) is 14.3 Å². The Morgan fingerprint density at radius 1 is 1.19 bits per heavy atom. The van der Waals surface area contributed by atoms with Gasteiger partial charge in [-0.05, 0) is 44.2 Å². The number of carbonyl (C=O) groups excluding carboxylic acids is 2. The molecule has 2 heterocycles. The lowest BCUT2D eigenvalue weighted by molar-refractivity contribution is -0.122.